The molecule has 1 fully saturated rings. The molecule has 31 heavy (non-hydrogen) atoms. The maximum Gasteiger partial charge on any atom is 0.255 e. The summed E-state index contributed by atoms with van der Waals surface area (Å²) >= 11 is 0. The minimum absolute atomic E-state index is 0.0688. The van der Waals surface area contributed by atoms with E-state index in [0.717, 1.165) is 11.3 Å². The number of rotatable bonds is 4. The lowest BCUT2D eigenvalue weighted by atomic mass is 9.95. The number of likely N-dealkylation sites (N-methyl/N-ethyl adjacent to an activating group) is 1. The molecule has 0 radical (unpaired) electrons. The number of hydrogen-bond donors (Lipinski definition) is 2. The number of benzene rings is 2. The van der Waals surface area contributed by atoms with Gasteiger partial charge in [-0.1, -0.05) is 42.5 Å². The first kappa shape index (κ1) is 20.9. The van der Waals surface area contributed by atoms with Crippen molar-refractivity contribution in [3.63, 3.8) is 0 Å². The van der Waals surface area contributed by atoms with Gasteiger partial charge < -0.3 is 20.4 Å². The maximum atomic E-state index is 13.0. The molecule has 3 amide bonds. The zero-order chi connectivity index (χ0) is 22.0. The second kappa shape index (κ2) is 8.41. The molecule has 2 aromatic rings. The quantitative estimate of drug-likeness (QED) is 0.797. The number of carbonyl (C=O) groups excluding carboxylic acids is 3. The van der Waals surface area contributed by atoms with Crippen molar-refractivity contribution in [3.8, 4) is 0 Å². The lowest BCUT2D eigenvalue weighted by molar-refractivity contribution is -0.144. The standard InChI is InChI=1S/C24H28N4O3/c1-17(23(31)27(2)16-18-8-4-3-5-9-18)28-15-14-24(13-12-21(28)29)25-20-11-7-6-10-19(20)22(30)26-24/h3-11,17,25H,12-16H2,1-2H3,(H,26,30)/t17-,24-/m1/s1. The predicted octanol–water partition coefficient (Wildman–Crippen LogP) is 2.60. The number of fused-ring (bicyclic) bond motifs is 1. The lowest BCUT2D eigenvalue weighted by Crippen LogP contribution is -2.58. The zero-order valence-corrected chi connectivity index (χ0v) is 17.9. The first-order valence-electron chi connectivity index (χ1n) is 10.7. The van der Waals surface area contributed by atoms with Gasteiger partial charge in [0.25, 0.3) is 5.91 Å². The third-order valence-electron chi connectivity index (χ3n) is 6.23. The Morgan fingerprint density at radius 3 is 2.55 bits per heavy atom. The van der Waals surface area contributed by atoms with Gasteiger partial charge in [0.2, 0.25) is 11.8 Å². The van der Waals surface area contributed by atoms with E-state index in [9.17, 15) is 14.4 Å². The lowest BCUT2D eigenvalue weighted by Gasteiger charge is -2.40. The molecule has 0 aliphatic carbocycles. The van der Waals surface area contributed by atoms with Crippen LogP contribution in [0.5, 0.6) is 0 Å². The fourth-order valence-electron chi connectivity index (χ4n) is 4.44. The largest absolute Gasteiger partial charge is 0.362 e. The minimum atomic E-state index is -0.686. The summed E-state index contributed by atoms with van der Waals surface area (Å²) in [5, 5.41) is 6.51. The Balaban J connectivity index is 1.45. The smallest absolute Gasteiger partial charge is 0.255 e. The van der Waals surface area contributed by atoms with Crippen LogP contribution in [0.2, 0.25) is 0 Å². The number of amides is 3. The summed E-state index contributed by atoms with van der Waals surface area (Å²) in [6, 6.07) is 16.6. The molecular weight excluding hydrogens is 392 g/mol. The molecule has 2 aliphatic heterocycles. The van der Waals surface area contributed by atoms with Crippen LogP contribution in [-0.2, 0) is 16.1 Å². The molecule has 2 atom stereocenters. The normalized spacial score (nSPS) is 21.5. The van der Waals surface area contributed by atoms with Crippen LogP contribution in [-0.4, -0.2) is 52.8 Å². The van der Waals surface area contributed by atoms with E-state index in [1.807, 2.05) is 48.5 Å². The Bertz CT molecular complexity index is 993. The van der Waals surface area contributed by atoms with E-state index >= 15 is 0 Å². The van der Waals surface area contributed by atoms with Gasteiger partial charge in [-0.05, 0) is 31.0 Å². The number of hydrogen-bond acceptors (Lipinski definition) is 4. The van der Waals surface area contributed by atoms with Crippen molar-refractivity contribution < 1.29 is 14.4 Å². The highest BCUT2D eigenvalue weighted by molar-refractivity contribution is 6.02. The topological polar surface area (TPSA) is 81.8 Å². The maximum absolute atomic E-state index is 13.0. The van der Waals surface area contributed by atoms with Crippen molar-refractivity contribution in [1.82, 2.24) is 15.1 Å². The first-order valence-corrected chi connectivity index (χ1v) is 10.7. The fourth-order valence-corrected chi connectivity index (χ4v) is 4.44. The minimum Gasteiger partial charge on any atom is -0.362 e. The van der Waals surface area contributed by atoms with Crippen LogP contribution >= 0.6 is 0 Å². The van der Waals surface area contributed by atoms with E-state index in [0.29, 0.717) is 31.5 Å². The third kappa shape index (κ3) is 4.26. The average molecular weight is 421 g/mol. The first-order chi connectivity index (χ1) is 14.9. The molecular formula is C24H28N4O3. The molecule has 7 nitrogen and oxygen atoms in total. The summed E-state index contributed by atoms with van der Waals surface area (Å²) < 4.78 is 0. The van der Waals surface area contributed by atoms with Gasteiger partial charge in [-0.2, -0.15) is 0 Å². The van der Waals surface area contributed by atoms with Gasteiger partial charge in [0.05, 0.1) is 5.56 Å². The van der Waals surface area contributed by atoms with Gasteiger partial charge >= 0.3 is 0 Å². The monoisotopic (exact) mass is 420 g/mol. The van der Waals surface area contributed by atoms with Gasteiger partial charge in [0.15, 0.2) is 0 Å². The van der Waals surface area contributed by atoms with Crippen molar-refractivity contribution in [3.05, 3.63) is 65.7 Å². The summed E-state index contributed by atoms with van der Waals surface area (Å²) in [5.41, 5.74) is 1.74. The Kier molecular flexibility index (Phi) is 5.67. The summed E-state index contributed by atoms with van der Waals surface area (Å²) in [4.78, 5) is 41.9. The molecule has 0 unspecified atom stereocenters. The number of carbonyl (C=O) groups is 3. The molecule has 2 aliphatic rings. The second-order valence-electron chi connectivity index (χ2n) is 8.40. The summed E-state index contributed by atoms with van der Waals surface area (Å²) in [7, 11) is 1.76. The summed E-state index contributed by atoms with van der Waals surface area (Å²) in [5.74, 6) is -0.304. The van der Waals surface area contributed by atoms with Crippen molar-refractivity contribution in [2.75, 3.05) is 18.9 Å². The number of likely N-dealkylation sites (tertiary alicyclic amines) is 1. The van der Waals surface area contributed by atoms with Crippen molar-refractivity contribution in [1.29, 1.82) is 0 Å². The van der Waals surface area contributed by atoms with Crippen LogP contribution in [0.3, 0.4) is 0 Å². The van der Waals surface area contributed by atoms with Crippen LogP contribution < -0.4 is 10.6 Å². The van der Waals surface area contributed by atoms with E-state index < -0.39 is 11.7 Å². The molecule has 1 saturated heterocycles. The Hall–Kier alpha value is -3.35. The Labute approximate surface area is 182 Å². The second-order valence-corrected chi connectivity index (χ2v) is 8.40. The zero-order valence-electron chi connectivity index (χ0n) is 17.9. The predicted molar refractivity (Wildman–Crippen MR) is 118 cm³/mol. The molecule has 2 heterocycles. The van der Waals surface area contributed by atoms with E-state index in [2.05, 4.69) is 10.6 Å². The highest BCUT2D eigenvalue weighted by Crippen LogP contribution is 2.32. The van der Waals surface area contributed by atoms with Gasteiger partial charge in [0.1, 0.15) is 11.7 Å². The molecule has 0 aromatic heterocycles. The number of nitrogens with one attached hydrogen (secondary N) is 2. The fraction of sp³-hybridized carbons (Fsp3) is 0.375. The SMILES string of the molecule is C[C@H](C(=O)N(C)Cc1ccccc1)N1CC[C@@]2(CCC1=O)NC(=O)c1ccccc1N2. The van der Waals surface area contributed by atoms with Gasteiger partial charge in [-0.3, -0.25) is 14.4 Å². The third-order valence-corrected chi connectivity index (χ3v) is 6.23. The van der Waals surface area contributed by atoms with Gasteiger partial charge in [-0.25, -0.2) is 0 Å². The van der Waals surface area contributed by atoms with Crippen LogP contribution in [0.1, 0.15) is 42.1 Å². The number of nitrogens with zero attached hydrogens (tertiary/aromatic N) is 2. The van der Waals surface area contributed by atoms with Crippen molar-refractivity contribution in [2.45, 2.75) is 44.4 Å². The van der Waals surface area contributed by atoms with Gasteiger partial charge in [-0.15, -0.1) is 0 Å². The van der Waals surface area contributed by atoms with Crippen LogP contribution in [0.15, 0.2) is 54.6 Å². The highest BCUT2D eigenvalue weighted by Gasteiger charge is 2.42. The highest BCUT2D eigenvalue weighted by atomic mass is 16.2. The van der Waals surface area contributed by atoms with E-state index in [1.54, 1.807) is 29.8 Å². The number of para-hydroxylation sites is 1. The Morgan fingerprint density at radius 2 is 1.77 bits per heavy atom. The average Bonchev–Trinajstić information content (AvgIpc) is 2.92. The van der Waals surface area contributed by atoms with E-state index in [4.69, 9.17) is 0 Å². The van der Waals surface area contributed by atoms with E-state index in [-0.39, 0.29) is 24.1 Å². The molecule has 2 N–H and O–H groups in total. The van der Waals surface area contributed by atoms with Crippen molar-refractivity contribution in [2.24, 2.45) is 0 Å². The Morgan fingerprint density at radius 1 is 1.06 bits per heavy atom. The van der Waals surface area contributed by atoms with Gasteiger partial charge in [0, 0.05) is 38.7 Å². The molecule has 0 bridgehead atoms. The summed E-state index contributed by atoms with van der Waals surface area (Å²) in [6.45, 7) is 2.66. The molecule has 7 heteroatoms. The molecule has 2 aromatic carbocycles. The van der Waals surface area contributed by atoms with Crippen molar-refractivity contribution >= 4 is 23.4 Å². The summed E-state index contributed by atoms with van der Waals surface area (Å²) in [6.07, 6.45) is 1.26. The molecule has 0 saturated carbocycles. The van der Waals surface area contributed by atoms with Crippen LogP contribution in [0, 0.1) is 0 Å². The molecule has 4 rings (SSSR count). The molecule has 162 valence electrons. The van der Waals surface area contributed by atoms with E-state index in [1.165, 1.54) is 0 Å². The molecule has 1 spiro atoms. The van der Waals surface area contributed by atoms with Crippen LogP contribution in [0.25, 0.3) is 0 Å². The number of anilines is 1. The van der Waals surface area contributed by atoms with Crippen LogP contribution in [0.4, 0.5) is 5.69 Å².